The second-order valence-electron chi connectivity index (χ2n) is 5.41. The van der Waals surface area contributed by atoms with Gasteiger partial charge in [-0.25, -0.2) is 0 Å². The summed E-state index contributed by atoms with van der Waals surface area (Å²) in [4.78, 5) is 0. The lowest BCUT2D eigenvalue weighted by atomic mass is 9.97. The van der Waals surface area contributed by atoms with Gasteiger partial charge in [-0.2, -0.15) is 0 Å². The summed E-state index contributed by atoms with van der Waals surface area (Å²) in [6.07, 6.45) is 2.43. The number of phenols is 2. The molecule has 0 aliphatic carbocycles. The van der Waals surface area contributed by atoms with Crippen LogP contribution in [0.25, 0.3) is 0 Å². The van der Waals surface area contributed by atoms with Crippen LogP contribution in [0.2, 0.25) is 0 Å². The molecular formula is C18H22O2. The van der Waals surface area contributed by atoms with E-state index in [1.807, 2.05) is 32.0 Å². The summed E-state index contributed by atoms with van der Waals surface area (Å²) in [6, 6.07) is 9.73. The predicted octanol–water partition coefficient (Wildman–Crippen LogP) is 4.06. The van der Waals surface area contributed by atoms with Crippen molar-refractivity contribution >= 4 is 0 Å². The van der Waals surface area contributed by atoms with E-state index in [1.165, 1.54) is 5.56 Å². The molecular weight excluding hydrogens is 248 g/mol. The number of hydrogen-bond donors (Lipinski definition) is 2. The average molecular weight is 270 g/mol. The fraction of sp³-hybridized carbons (Fsp3) is 0.333. The van der Waals surface area contributed by atoms with E-state index < -0.39 is 0 Å². The van der Waals surface area contributed by atoms with Crippen molar-refractivity contribution in [3.8, 4) is 11.5 Å². The fourth-order valence-electron chi connectivity index (χ4n) is 2.51. The van der Waals surface area contributed by atoms with Crippen LogP contribution in [0.15, 0.2) is 30.3 Å². The predicted molar refractivity (Wildman–Crippen MR) is 82.5 cm³/mol. The zero-order chi connectivity index (χ0) is 14.7. The van der Waals surface area contributed by atoms with Crippen LogP contribution in [-0.2, 0) is 19.3 Å². The quantitative estimate of drug-likeness (QED) is 0.879. The van der Waals surface area contributed by atoms with Gasteiger partial charge in [-0.05, 0) is 61.4 Å². The lowest BCUT2D eigenvalue weighted by Gasteiger charge is -2.11. The molecule has 2 heteroatoms. The molecule has 2 nitrogen and oxygen atoms in total. The van der Waals surface area contributed by atoms with E-state index in [0.29, 0.717) is 11.5 Å². The van der Waals surface area contributed by atoms with Gasteiger partial charge in [0.05, 0.1) is 0 Å². The standard InChI is InChI=1S/C18H22O2/c1-4-14-10-13(3)18(20)16(11-14)7-6-15-9-12(2)5-8-17(15)19/h5,8-11,19-20H,4,6-7H2,1-3H3. The second kappa shape index (κ2) is 6.00. The van der Waals surface area contributed by atoms with Gasteiger partial charge >= 0.3 is 0 Å². The number of aromatic hydroxyl groups is 2. The Kier molecular flexibility index (Phi) is 4.33. The summed E-state index contributed by atoms with van der Waals surface area (Å²) >= 11 is 0. The molecule has 0 unspecified atom stereocenters. The Morgan fingerprint density at radius 3 is 2.30 bits per heavy atom. The number of benzene rings is 2. The van der Waals surface area contributed by atoms with E-state index in [2.05, 4.69) is 13.0 Å². The summed E-state index contributed by atoms with van der Waals surface area (Å²) in [6.45, 7) is 6.06. The minimum absolute atomic E-state index is 0.332. The van der Waals surface area contributed by atoms with E-state index in [4.69, 9.17) is 0 Å². The lowest BCUT2D eigenvalue weighted by molar-refractivity contribution is 0.459. The molecule has 106 valence electrons. The van der Waals surface area contributed by atoms with Gasteiger partial charge in [-0.1, -0.05) is 36.8 Å². The molecule has 0 amide bonds. The van der Waals surface area contributed by atoms with Crippen molar-refractivity contribution in [3.63, 3.8) is 0 Å². The zero-order valence-electron chi connectivity index (χ0n) is 12.4. The van der Waals surface area contributed by atoms with Gasteiger partial charge in [-0.15, -0.1) is 0 Å². The van der Waals surface area contributed by atoms with Gasteiger partial charge in [-0.3, -0.25) is 0 Å². The molecule has 2 aromatic rings. The van der Waals surface area contributed by atoms with Crippen LogP contribution in [0, 0.1) is 13.8 Å². The number of phenolic OH excluding ortho intramolecular Hbond substituents is 2. The van der Waals surface area contributed by atoms with E-state index in [1.54, 1.807) is 6.07 Å². The third-order valence-corrected chi connectivity index (χ3v) is 3.75. The van der Waals surface area contributed by atoms with Gasteiger partial charge in [0.25, 0.3) is 0 Å². The molecule has 0 aliphatic heterocycles. The van der Waals surface area contributed by atoms with Crippen LogP contribution < -0.4 is 0 Å². The lowest BCUT2D eigenvalue weighted by Crippen LogP contribution is -1.96. The molecule has 0 radical (unpaired) electrons. The van der Waals surface area contributed by atoms with Crippen LogP contribution in [0.1, 0.15) is 34.7 Å². The van der Waals surface area contributed by atoms with Crippen LogP contribution >= 0.6 is 0 Å². The van der Waals surface area contributed by atoms with Crippen LogP contribution in [0.5, 0.6) is 11.5 Å². The summed E-state index contributed by atoms with van der Waals surface area (Å²) in [5.74, 6) is 0.716. The van der Waals surface area contributed by atoms with Crippen molar-refractivity contribution in [2.75, 3.05) is 0 Å². The highest BCUT2D eigenvalue weighted by Crippen LogP contribution is 2.27. The number of aryl methyl sites for hydroxylation is 5. The van der Waals surface area contributed by atoms with E-state index in [0.717, 1.165) is 41.5 Å². The van der Waals surface area contributed by atoms with E-state index in [9.17, 15) is 10.2 Å². The molecule has 0 heterocycles. The molecule has 2 N–H and O–H groups in total. The van der Waals surface area contributed by atoms with Gasteiger partial charge in [0.1, 0.15) is 11.5 Å². The monoisotopic (exact) mass is 270 g/mol. The van der Waals surface area contributed by atoms with Crippen LogP contribution in [0.3, 0.4) is 0 Å². The molecule has 0 fully saturated rings. The van der Waals surface area contributed by atoms with Crippen molar-refractivity contribution in [3.05, 3.63) is 58.1 Å². The Balaban J connectivity index is 2.22. The van der Waals surface area contributed by atoms with Gasteiger partial charge < -0.3 is 10.2 Å². The molecule has 2 aromatic carbocycles. The number of hydrogen-bond acceptors (Lipinski definition) is 2. The van der Waals surface area contributed by atoms with Gasteiger partial charge in [0, 0.05) is 0 Å². The number of rotatable bonds is 4. The second-order valence-corrected chi connectivity index (χ2v) is 5.41. The molecule has 20 heavy (non-hydrogen) atoms. The molecule has 0 atom stereocenters. The fourth-order valence-corrected chi connectivity index (χ4v) is 2.51. The van der Waals surface area contributed by atoms with Gasteiger partial charge in [0.15, 0.2) is 0 Å². The summed E-state index contributed by atoms with van der Waals surface area (Å²) in [5, 5.41) is 20.0. The largest absolute Gasteiger partial charge is 0.508 e. The van der Waals surface area contributed by atoms with E-state index >= 15 is 0 Å². The molecule has 0 spiro atoms. The maximum absolute atomic E-state index is 10.2. The average Bonchev–Trinajstić information content (AvgIpc) is 2.43. The first-order valence-corrected chi connectivity index (χ1v) is 7.11. The molecule has 0 aromatic heterocycles. The van der Waals surface area contributed by atoms with Crippen molar-refractivity contribution in [1.29, 1.82) is 0 Å². The summed E-state index contributed by atoms with van der Waals surface area (Å²) in [5.41, 5.74) is 5.20. The third-order valence-electron chi connectivity index (χ3n) is 3.75. The highest BCUT2D eigenvalue weighted by molar-refractivity contribution is 5.44. The SMILES string of the molecule is CCc1cc(C)c(O)c(CCc2cc(C)ccc2O)c1. The maximum Gasteiger partial charge on any atom is 0.121 e. The topological polar surface area (TPSA) is 40.5 Å². The Morgan fingerprint density at radius 2 is 1.60 bits per heavy atom. The minimum atomic E-state index is 0.332. The first-order chi connectivity index (χ1) is 9.51. The van der Waals surface area contributed by atoms with Crippen LogP contribution in [0.4, 0.5) is 0 Å². The molecule has 0 saturated heterocycles. The highest BCUT2D eigenvalue weighted by atomic mass is 16.3. The highest BCUT2D eigenvalue weighted by Gasteiger charge is 2.08. The molecule has 2 rings (SSSR count). The van der Waals surface area contributed by atoms with Gasteiger partial charge in [0.2, 0.25) is 0 Å². The summed E-state index contributed by atoms with van der Waals surface area (Å²) in [7, 11) is 0. The Labute approximate surface area is 120 Å². The molecule has 0 aliphatic rings. The molecule has 0 saturated carbocycles. The van der Waals surface area contributed by atoms with Crippen molar-refractivity contribution in [1.82, 2.24) is 0 Å². The minimum Gasteiger partial charge on any atom is -0.508 e. The zero-order valence-corrected chi connectivity index (χ0v) is 12.4. The molecule has 0 bridgehead atoms. The van der Waals surface area contributed by atoms with E-state index in [-0.39, 0.29) is 0 Å². The smallest absolute Gasteiger partial charge is 0.121 e. The van der Waals surface area contributed by atoms with Crippen molar-refractivity contribution < 1.29 is 10.2 Å². The van der Waals surface area contributed by atoms with Crippen LogP contribution in [-0.4, -0.2) is 10.2 Å². The normalized spacial score (nSPS) is 10.8. The summed E-state index contributed by atoms with van der Waals surface area (Å²) < 4.78 is 0. The van der Waals surface area contributed by atoms with Crippen molar-refractivity contribution in [2.45, 2.75) is 40.0 Å². The Bertz CT molecular complexity index is 615. The Hall–Kier alpha value is -1.96. The first kappa shape index (κ1) is 14.4. The maximum atomic E-state index is 10.2. The third kappa shape index (κ3) is 3.13. The van der Waals surface area contributed by atoms with Crippen molar-refractivity contribution in [2.24, 2.45) is 0 Å². The first-order valence-electron chi connectivity index (χ1n) is 7.11. The Morgan fingerprint density at radius 1 is 0.900 bits per heavy atom.